The summed E-state index contributed by atoms with van der Waals surface area (Å²) in [6.07, 6.45) is 3.50. The summed E-state index contributed by atoms with van der Waals surface area (Å²) in [5.74, 6) is 0.807. The Kier molecular flexibility index (Phi) is 4.58. The van der Waals surface area contributed by atoms with Crippen molar-refractivity contribution in [2.75, 3.05) is 31.6 Å². The van der Waals surface area contributed by atoms with Gasteiger partial charge in [0, 0.05) is 33.2 Å². The predicted octanol–water partition coefficient (Wildman–Crippen LogP) is 1.68. The summed E-state index contributed by atoms with van der Waals surface area (Å²) < 4.78 is 7.67. The Balaban J connectivity index is 1.37. The van der Waals surface area contributed by atoms with Crippen LogP contribution in [-0.4, -0.2) is 57.0 Å². The van der Waals surface area contributed by atoms with Gasteiger partial charge in [0.15, 0.2) is 5.65 Å². The first-order chi connectivity index (χ1) is 12.3. The molecule has 1 fully saturated rings. The zero-order chi connectivity index (χ0) is 17.1. The highest BCUT2D eigenvalue weighted by atomic mass is 16.5. The molecule has 1 saturated heterocycles. The monoisotopic (exact) mass is 338 g/mol. The summed E-state index contributed by atoms with van der Waals surface area (Å²) in [6, 6.07) is 10.6. The second-order valence-corrected chi connectivity index (χ2v) is 6.32. The van der Waals surface area contributed by atoms with Crippen molar-refractivity contribution >= 4 is 16.9 Å². The maximum absolute atomic E-state index is 5.92. The molecule has 0 spiro atoms. The van der Waals surface area contributed by atoms with E-state index >= 15 is 0 Å². The van der Waals surface area contributed by atoms with Crippen LogP contribution in [0.15, 0.2) is 42.9 Å². The number of ether oxygens (including phenoxy) is 1. The van der Waals surface area contributed by atoms with E-state index in [1.165, 1.54) is 5.56 Å². The van der Waals surface area contributed by atoms with Crippen molar-refractivity contribution in [1.82, 2.24) is 24.6 Å². The van der Waals surface area contributed by atoms with Crippen LogP contribution in [0.3, 0.4) is 0 Å². The summed E-state index contributed by atoms with van der Waals surface area (Å²) in [5, 5.41) is 8.58. The van der Waals surface area contributed by atoms with Gasteiger partial charge in [0.05, 0.1) is 24.3 Å². The number of rotatable bonds is 5. The van der Waals surface area contributed by atoms with Crippen molar-refractivity contribution in [1.29, 1.82) is 0 Å². The van der Waals surface area contributed by atoms with Gasteiger partial charge in [-0.3, -0.25) is 9.58 Å². The second-order valence-electron chi connectivity index (χ2n) is 6.32. The molecule has 0 bridgehead atoms. The Bertz CT molecular complexity index is 834. The predicted molar refractivity (Wildman–Crippen MR) is 96.3 cm³/mol. The van der Waals surface area contributed by atoms with E-state index in [0.717, 1.165) is 43.1 Å². The molecule has 0 unspecified atom stereocenters. The fourth-order valence-electron chi connectivity index (χ4n) is 3.20. The summed E-state index contributed by atoms with van der Waals surface area (Å²) in [4.78, 5) is 11.0. The number of anilines is 1. The van der Waals surface area contributed by atoms with Gasteiger partial charge in [-0.15, -0.1) is 0 Å². The Labute approximate surface area is 146 Å². The largest absolute Gasteiger partial charge is 0.374 e. The molecule has 1 atom stereocenters. The van der Waals surface area contributed by atoms with Crippen LogP contribution in [0.4, 0.5) is 5.82 Å². The number of hydrogen-bond donors (Lipinski definition) is 1. The quantitative estimate of drug-likeness (QED) is 0.763. The number of aryl methyl sites for hydroxylation is 1. The van der Waals surface area contributed by atoms with E-state index in [2.05, 4.69) is 55.6 Å². The maximum atomic E-state index is 5.92. The lowest BCUT2D eigenvalue weighted by Crippen LogP contribution is -2.44. The smallest absolute Gasteiger partial charge is 0.163 e. The zero-order valence-electron chi connectivity index (χ0n) is 14.3. The van der Waals surface area contributed by atoms with Crippen molar-refractivity contribution in [2.24, 2.45) is 7.05 Å². The minimum absolute atomic E-state index is 0.138. The van der Waals surface area contributed by atoms with Crippen LogP contribution in [0.2, 0.25) is 0 Å². The summed E-state index contributed by atoms with van der Waals surface area (Å²) in [6.45, 7) is 4.30. The van der Waals surface area contributed by atoms with Gasteiger partial charge in [-0.2, -0.15) is 5.10 Å². The molecule has 25 heavy (non-hydrogen) atoms. The molecule has 3 heterocycles. The third kappa shape index (κ3) is 3.62. The van der Waals surface area contributed by atoms with Crippen LogP contribution < -0.4 is 5.32 Å². The van der Waals surface area contributed by atoms with Crippen molar-refractivity contribution in [3.8, 4) is 0 Å². The van der Waals surface area contributed by atoms with Crippen LogP contribution in [0.25, 0.3) is 11.0 Å². The first-order valence-corrected chi connectivity index (χ1v) is 8.54. The fraction of sp³-hybridized carbons (Fsp3) is 0.389. The average molecular weight is 338 g/mol. The van der Waals surface area contributed by atoms with E-state index in [1.807, 2.05) is 7.05 Å². The number of fused-ring (bicyclic) bond motifs is 1. The minimum Gasteiger partial charge on any atom is -0.374 e. The Morgan fingerprint density at radius 3 is 3.00 bits per heavy atom. The van der Waals surface area contributed by atoms with E-state index in [1.54, 1.807) is 17.2 Å². The molecule has 1 aliphatic heterocycles. The summed E-state index contributed by atoms with van der Waals surface area (Å²) in [7, 11) is 1.88. The zero-order valence-corrected chi connectivity index (χ0v) is 14.3. The van der Waals surface area contributed by atoms with Crippen molar-refractivity contribution in [3.63, 3.8) is 0 Å². The highest BCUT2D eigenvalue weighted by molar-refractivity contribution is 5.85. The lowest BCUT2D eigenvalue weighted by atomic mass is 10.2. The molecule has 0 radical (unpaired) electrons. The normalized spacial score (nSPS) is 18.5. The molecule has 0 saturated carbocycles. The van der Waals surface area contributed by atoms with Gasteiger partial charge in [-0.25, -0.2) is 9.97 Å². The van der Waals surface area contributed by atoms with E-state index in [4.69, 9.17) is 4.74 Å². The first-order valence-electron chi connectivity index (χ1n) is 8.54. The summed E-state index contributed by atoms with van der Waals surface area (Å²) >= 11 is 0. The van der Waals surface area contributed by atoms with E-state index in [9.17, 15) is 0 Å². The van der Waals surface area contributed by atoms with Gasteiger partial charge >= 0.3 is 0 Å². The molecular weight excluding hydrogens is 316 g/mol. The van der Waals surface area contributed by atoms with Crippen molar-refractivity contribution < 1.29 is 4.74 Å². The third-order valence-corrected chi connectivity index (χ3v) is 4.50. The van der Waals surface area contributed by atoms with Gasteiger partial charge in [0.2, 0.25) is 0 Å². The number of nitrogens with zero attached hydrogens (tertiary/aromatic N) is 5. The van der Waals surface area contributed by atoms with Crippen LogP contribution in [0.1, 0.15) is 5.56 Å². The fourth-order valence-corrected chi connectivity index (χ4v) is 3.20. The molecule has 0 aliphatic carbocycles. The van der Waals surface area contributed by atoms with Crippen molar-refractivity contribution in [3.05, 3.63) is 48.4 Å². The lowest BCUT2D eigenvalue weighted by molar-refractivity contribution is -0.0240. The van der Waals surface area contributed by atoms with Gasteiger partial charge in [-0.05, 0) is 5.56 Å². The van der Waals surface area contributed by atoms with Crippen LogP contribution >= 0.6 is 0 Å². The molecule has 4 rings (SSSR count). The number of morpholine rings is 1. The molecular formula is C18H22N6O. The number of benzene rings is 1. The maximum Gasteiger partial charge on any atom is 0.163 e. The van der Waals surface area contributed by atoms with Crippen LogP contribution in [0, 0.1) is 0 Å². The highest BCUT2D eigenvalue weighted by Crippen LogP contribution is 2.18. The Morgan fingerprint density at radius 1 is 1.24 bits per heavy atom. The topological polar surface area (TPSA) is 68.1 Å². The number of aromatic nitrogens is 4. The third-order valence-electron chi connectivity index (χ3n) is 4.50. The van der Waals surface area contributed by atoms with Crippen molar-refractivity contribution in [2.45, 2.75) is 12.6 Å². The van der Waals surface area contributed by atoms with Gasteiger partial charge in [0.25, 0.3) is 0 Å². The lowest BCUT2D eigenvalue weighted by Gasteiger charge is -2.33. The standard InChI is InChI=1S/C18H22N6O/c1-23-18-16(10-22-23)17(20-13-21-18)19-9-15-12-24(7-8-25-15)11-14-5-3-2-4-6-14/h2-6,10,13,15H,7-9,11-12H2,1H3,(H,19,20,21)/t15-/m0/s1. The van der Waals surface area contributed by atoms with E-state index in [-0.39, 0.29) is 6.10 Å². The Hall–Kier alpha value is -2.51. The molecule has 1 N–H and O–H groups in total. The molecule has 0 amide bonds. The molecule has 1 aromatic carbocycles. The van der Waals surface area contributed by atoms with E-state index < -0.39 is 0 Å². The van der Waals surface area contributed by atoms with E-state index in [0.29, 0.717) is 6.54 Å². The first kappa shape index (κ1) is 16.0. The number of nitrogens with one attached hydrogen (secondary N) is 1. The summed E-state index contributed by atoms with van der Waals surface area (Å²) in [5.41, 5.74) is 2.16. The van der Waals surface area contributed by atoms with Crippen LogP contribution in [-0.2, 0) is 18.3 Å². The molecule has 2 aromatic heterocycles. The highest BCUT2D eigenvalue weighted by Gasteiger charge is 2.21. The van der Waals surface area contributed by atoms with Crippen LogP contribution in [0.5, 0.6) is 0 Å². The van der Waals surface area contributed by atoms with Gasteiger partial charge in [0.1, 0.15) is 12.1 Å². The van der Waals surface area contributed by atoms with Gasteiger partial charge in [-0.1, -0.05) is 30.3 Å². The van der Waals surface area contributed by atoms with Gasteiger partial charge < -0.3 is 10.1 Å². The molecule has 1 aliphatic rings. The molecule has 3 aromatic rings. The minimum atomic E-state index is 0.138. The number of hydrogen-bond acceptors (Lipinski definition) is 6. The SMILES string of the molecule is Cn1ncc2c(NC[C@H]3CN(Cc4ccccc4)CCO3)ncnc21. The molecule has 7 nitrogen and oxygen atoms in total. The molecule has 130 valence electrons. The Morgan fingerprint density at radius 2 is 2.12 bits per heavy atom. The molecule has 7 heteroatoms. The second kappa shape index (κ2) is 7.16. The average Bonchev–Trinajstić information content (AvgIpc) is 3.03.